The monoisotopic (exact) mass is 266 g/mol. The van der Waals surface area contributed by atoms with Crippen molar-refractivity contribution in [3.8, 4) is 0 Å². The van der Waals surface area contributed by atoms with Gasteiger partial charge in [-0.2, -0.15) is 0 Å². The van der Waals surface area contributed by atoms with E-state index in [1.807, 2.05) is 0 Å². The lowest BCUT2D eigenvalue weighted by molar-refractivity contribution is 0.0585. The first-order valence-corrected chi connectivity index (χ1v) is 8.62. The predicted octanol–water partition coefficient (Wildman–Crippen LogP) is 3.67. The molecule has 0 radical (unpaired) electrons. The number of hydrogen-bond acceptors (Lipinski definition) is 2. The normalized spacial score (nSPS) is 25.3. The third-order valence-electron chi connectivity index (χ3n) is 5.54. The van der Waals surface area contributed by atoms with Gasteiger partial charge in [-0.05, 0) is 63.1 Å². The summed E-state index contributed by atoms with van der Waals surface area (Å²) in [5.74, 6) is 0.766. The standard InChI is InChI=1S/C17H34N2/c1-4-11-18-14-16(15(2)3)19-12-9-17(10-13-19)7-5-6-8-17/h15-16,18H,4-14H2,1-3H3. The van der Waals surface area contributed by atoms with E-state index in [-0.39, 0.29) is 0 Å². The molecular weight excluding hydrogens is 232 g/mol. The van der Waals surface area contributed by atoms with Gasteiger partial charge in [-0.1, -0.05) is 33.6 Å². The van der Waals surface area contributed by atoms with Crippen molar-refractivity contribution in [2.24, 2.45) is 11.3 Å². The topological polar surface area (TPSA) is 15.3 Å². The minimum Gasteiger partial charge on any atom is -0.315 e. The van der Waals surface area contributed by atoms with Crippen molar-refractivity contribution in [3.05, 3.63) is 0 Å². The van der Waals surface area contributed by atoms with E-state index < -0.39 is 0 Å². The van der Waals surface area contributed by atoms with Crippen LogP contribution in [-0.2, 0) is 0 Å². The van der Waals surface area contributed by atoms with Crippen LogP contribution in [0.2, 0.25) is 0 Å². The Kier molecular flexibility index (Phi) is 5.70. The average molecular weight is 266 g/mol. The van der Waals surface area contributed by atoms with Gasteiger partial charge in [-0.15, -0.1) is 0 Å². The smallest absolute Gasteiger partial charge is 0.0243 e. The first kappa shape index (κ1) is 15.3. The highest BCUT2D eigenvalue weighted by Gasteiger charge is 2.38. The zero-order chi connectivity index (χ0) is 13.7. The molecule has 1 heterocycles. The van der Waals surface area contributed by atoms with Gasteiger partial charge in [0.2, 0.25) is 0 Å². The summed E-state index contributed by atoms with van der Waals surface area (Å²) in [6, 6.07) is 0.741. The van der Waals surface area contributed by atoms with E-state index in [2.05, 4.69) is 31.0 Å². The quantitative estimate of drug-likeness (QED) is 0.738. The summed E-state index contributed by atoms with van der Waals surface area (Å²) in [6.45, 7) is 12.1. The number of hydrogen-bond donors (Lipinski definition) is 1. The highest BCUT2D eigenvalue weighted by Crippen LogP contribution is 2.46. The molecule has 19 heavy (non-hydrogen) atoms. The molecule has 2 fully saturated rings. The van der Waals surface area contributed by atoms with E-state index in [1.54, 1.807) is 0 Å². The third-order valence-corrected chi connectivity index (χ3v) is 5.54. The van der Waals surface area contributed by atoms with Gasteiger partial charge in [-0.3, -0.25) is 4.90 Å². The fraction of sp³-hybridized carbons (Fsp3) is 1.00. The zero-order valence-electron chi connectivity index (χ0n) is 13.4. The third kappa shape index (κ3) is 3.95. The molecule has 0 bridgehead atoms. The largest absolute Gasteiger partial charge is 0.315 e. The molecule has 1 saturated heterocycles. The number of rotatable bonds is 6. The van der Waals surface area contributed by atoms with Gasteiger partial charge in [-0.25, -0.2) is 0 Å². The molecule has 0 amide bonds. The van der Waals surface area contributed by atoms with E-state index in [1.165, 1.54) is 71.1 Å². The minimum absolute atomic E-state index is 0.741. The lowest BCUT2D eigenvalue weighted by atomic mass is 9.76. The van der Waals surface area contributed by atoms with Gasteiger partial charge >= 0.3 is 0 Å². The Balaban J connectivity index is 1.82. The van der Waals surface area contributed by atoms with E-state index in [0.717, 1.165) is 17.4 Å². The molecule has 1 unspecified atom stereocenters. The second-order valence-corrected chi connectivity index (χ2v) is 7.26. The fourth-order valence-corrected chi connectivity index (χ4v) is 4.17. The number of nitrogens with one attached hydrogen (secondary N) is 1. The van der Waals surface area contributed by atoms with E-state index in [0.29, 0.717) is 0 Å². The Labute approximate surface area is 120 Å². The number of piperidine rings is 1. The zero-order valence-corrected chi connectivity index (χ0v) is 13.4. The second kappa shape index (κ2) is 7.08. The summed E-state index contributed by atoms with van der Waals surface area (Å²) in [5, 5.41) is 3.63. The lowest BCUT2D eigenvalue weighted by Gasteiger charge is -2.44. The summed E-state index contributed by atoms with van der Waals surface area (Å²) in [4.78, 5) is 2.77. The van der Waals surface area contributed by atoms with Crippen LogP contribution in [0.15, 0.2) is 0 Å². The van der Waals surface area contributed by atoms with Crippen molar-refractivity contribution in [3.63, 3.8) is 0 Å². The Morgan fingerprint density at radius 1 is 1.05 bits per heavy atom. The van der Waals surface area contributed by atoms with Crippen molar-refractivity contribution in [2.75, 3.05) is 26.2 Å². The maximum Gasteiger partial charge on any atom is 0.0243 e. The second-order valence-electron chi connectivity index (χ2n) is 7.26. The first-order chi connectivity index (χ1) is 9.17. The molecule has 2 nitrogen and oxygen atoms in total. The summed E-state index contributed by atoms with van der Waals surface area (Å²) >= 11 is 0. The number of likely N-dealkylation sites (tertiary alicyclic amines) is 1. The van der Waals surface area contributed by atoms with E-state index >= 15 is 0 Å². The molecule has 2 heteroatoms. The maximum absolute atomic E-state index is 3.63. The highest BCUT2D eigenvalue weighted by molar-refractivity contribution is 4.92. The Morgan fingerprint density at radius 2 is 1.68 bits per heavy atom. The Bertz CT molecular complexity index is 246. The fourth-order valence-electron chi connectivity index (χ4n) is 4.17. The summed E-state index contributed by atoms with van der Waals surface area (Å²) in [5.41, 5.74) is 0.759. The van der Waals surface area contributed by atoms with Crippen LogP contribution in [-0.4, -0.2) is 37.1 Å². The van der Waals surface area contributed by atoms with Gasteiger partial charge in [0, 0.05) is 12.6 Å². The summed E-state index contributed by atoms with van der Waals surface area (Å²) < 4.78 is 0. The van der Waals surface area contributed by atoms with Crippen LogP contribution in [0.5, 0.6) is 0 Å². The van der Waals surface area contributed by atoms with Crippen LogP contribution in [0.4, 0.5) is 0 Å². The lowest BCUT2D eigenvalue weighted by Crippen LogP contribution is -2.50. The van der Waals surface area contributed by atoms with Crippen molar-refractivity contribution < 1.29 is 0 Å². The Morgan fingerprint density at radius 3 is 2.21 bits per heavy atom. The predicted molar refractivity (Wildman–Crippen MR) is 83.5 cm³/mol. The first-order valence-electron chi connectivity index (χ1n) is 8.62. The molecule has 1 N–H and O–H groups in total. The van der Waals surface area contributed by atoms with Crippen LogP contribution in [0, 0.1) is 11.3 Å². The van der Waals surface area contributed by atoms with E-state index in [9.17, 15) is 0 Å². The van der Waals surface area contributed by atoms with Crippen LogP contribution in [0.25, 0.3) is 0 Å². The molecular formula is C17H34N2. The Hall–Kier alpha value is -0.0800. The van der Waals surface area contributed by atoms with Crippen LogP contribution >= 0.6 is 0 Å². The van der Waals surface area contributed by atoms with Crippen LogP contribution in [0.1, 0.15) is 65.7 Å². The van der Waals surface area contributed by atoms with Crippen molar-refractivity contribution in [1.29, 1.82) is 0 Å². The molecule has 1 atom stereocenters. The molecule has 0 aromatic heterocycles. The van der Waals surface area contributed by atoms with Crippen molar-refractivity contribution >= 4 is 0 Å². The van der Waals surface area contributed by atoms with Crippen LogP contribution in [0.3, 0.4) is 0 Å². The average Bonchev–Trinajstić information content (AvgIpc) is 2.84. The van der Waals surface area contributed by atoms with E-state index in [4.69, 9.17) is 0 Å². The molecule has 112 valence electrons. The van der Waals surface area contributed by atoms with Gasteiger partial charge in [0.25, 0.3) is 0 Å². The maximum atomic E-state index is 3.63. The van der Waals surface area contributed by atoms with Crippen LogP contribution < -0.4 is 5.32 Å². The SMILES string of the molecule is CCCNCC(C(C)C)N1CCC2(CCCC2)CC1. The molecule has 0 aromatic rings. The molecule has 1 aliphatic heterocycles. The molecule has 2 rings (SSSR count). The van der Waals surface area contributed by atoms with Gasteiger partial charge in [0.15, 0.2) is 0 Å². The van der Waals surface area contributed by atoms with Gasteiger partial charge in [0.05, 0.1) is 0 Å². The summed E-state index contributed by atoms with van der Waals surface area (Å²) in [7, 11) is 0. The minimum atomic E-state index is 0.741. The van der Waals surface area contributed by atoms with Gasteiger partial charge < -0.3 is 5.32 Å². The summed E-state index contributed by atoms with van der Waals surface area (Å²) in [6.07, 6.45) is 10.2. The molecule has 1 spiro atoms. The molecule has 1 saturated carbocycles. The van der Waals surface area contributed by atoms with Crippen molar-refractivity contribution in [2.45, 2.75) is 71.8 Å². The molecule has 0 aromatic carbocycles. The van der Waals surface area contributed by atoms with Crippen molar-refractivity contribution in [1.82, 2.24) is 10.2 Å². The van der Waals surface area contributed by atoms with Gasteiger partial charge in [0.1, 0.15) is 0 Å². The number of nitrogens with zero attached hydrogens (tertiary/aromatic N) is 1. The molecule has 2 aliphatic rings. The highest BCUT2D eigenvalue weighted by atomic mass is 15.2. The molecule has 1 aliphatic carbocycles.